The summed E-state index contributed by atoms with van der Waals surface area (Å²) in [5, 5.41) is 13.9. The first kappa shape index (κ1) is 98.7. The van der Waals surface area contributed by atoms with E-state index in [9.17, 15) is 0 Å². The molecule has 0 saturated carbocycles. The van der Waals surface area contributed by atoms with Crippen LogP contribution in [0.25, 0.3) is 0 Å². The van der Waals surface area contributed by atoms with Gasteiger partial charge < -0.3 is 43.1 Å². The number of hydrogen-bond acceptors (Lipinski definition) is 1. The fourth-order valence-corrected chi connectivity index (χ4v) is 0. The summed E-state index contributed by atoms with van der Waals surface area (Å²) in [6.45, 7) is 0. The Labute approximate surface area is 104 Å². The number of carboxylic acid groups (broad SMARTS) is 2. The molecule has 11 heavy (non-hydrogen) atoms. The predicted octanol–water partition coefficient (Wildman–Crippen LogP) is -5.37. The summed E-state index contributed by atoms with van der Waals surface area (Å²) in [5.74, 6) is 0. The van der Waals surface area contributed by atoms with Gasteiger partial charge in [0, 0.05) is 0 Å². The van der Waals surface area contributed by atoms with Crippen LogP contribution < -0.4 is 0 Å². The molecule has 74 valence electrons. The summed E-state index contributed by atoms with van der Waals surface area (Å²) < 4.78 is 0. The van der Waals surface area contributed by atoms with Gasteiger partial charge in [-0.2, -0.15) is 0 Å². The van der Waals surface area contributed by atoms with Gasteiger partial charge in [0.25, 0.3) is 0 Å². The topological polar surface area (TPSA) is 247 Å². The molecule has 0 heterocycles. The molecule has 0 aliphatic carbocycles. The predicted molar refractivity (Wildman–Crippen MR) is 39.5 cm³/mol. The van der Waals surface area contributed by atoms with Crippen LogP contribution in [0.4, 0.5) is 4.79 Å². The van der Waals surface area contributed by atoms with Gasteiger partial charge in [0.1, 0.15) is 0 Å². The van der Waals surface area contributed by atoms with Gasteiger partial charge in [-0.15, -0.1) is 0 Å². The van der Waals surface area contributed by atoms with Gasteiger partial charge in [0.2, 0.25) is 0 Å². The summed E-state index contributed by atoms with van der Waals surface area (Å²) in [5.41, 5.74) is 0. The molecule has 0 radical (unpaired) electrons. The second-order valence-corrected chi connectivity index (χ2v) is 0.283. The Hall–Kier alpha value is 0.666. The van der Waals surface area contributed by atoms with Crippen molar-refractivity contribution in [1.82, 2.24) is 0 Å². The van der Waals surface area contributed by atoms with Crippen molar-refractivity contribution < 1.29 is 47.9 Å². The molecular weight excluding hydrogens is 195 g/mol. The van der Waals surface area contributed by atoms with E-state index in [2.05, 4.69) is 0 Å². The van der Waals surface area contributed by atoms with E-state index in [1.165, 1.54) is 0 Å². The quantitative estimate of drug-likeness (QED) is 0.371. The van der Waals surface area contributed by atoms with E-state index < -0.39 is 6.16 Å². The maximum absolute atomic E-state index is 8.56. The van der Waals surface area contributed by atoms with E-state index in [1.54, 1.807) is 0 Å². The molecule has 0 aromatic rings. The van der Waals surface area contributed by atoms with Gasteiger partial charge in [-0.3, -0.25) is 0 Å². The van der Waals surface area contributed by atoms with Crippen molar-refractivity contribution in [2.45, 2.75) is 0 Å². The molecule has 0 aliphatic rings. The molecule has 0 rings (SSSR count). The van der Waals surface area contributed by atoms with Crippen LogP contribution in [0.5, 0.6) is 0 Å². The Morgan fingerprint density at radius 3 is 0.727 bits per heavy atom. The molecule has 0 atom stereocenters. The van der Waals surface area contributed by atoms with E-state index >= 15 is 0 Å². The zero-order chi connectivity index (χ0) is 3.58. The van der Waals surface area contributed by atoms with Gasteiger partial charge >= 0.3 is 57.5 Å². The molecule has 0 unspecified atom stereocenters. The van der Waals surface area contributed by atoms with Crippen LogP contribution in [0.1, 0.15) is 0 Å². The standard InChI is InChI=1S/CH2O3.K.6H2O.H/c2-1(3)4;;;;;;;;/h(H2,2,3,4);;6*1H2;. The van der Waals surface area contributed by atoms with Gasteiger partial charge in [0.15, 0.2) is 0 Å². The minimum atomic E-state index is -1.83. The summed E-state index contributed by atoms with van der Waals surface area (Å²) in [6.07, 6.45) is -1.83. The third kappa shape index (κ3) is 1800. The van der Waals surface area contributed by atoms with Crippen molar-refractivity contribution in [2.24, 2.45) is 0 Å². The molecule has 0 amide bonds. The molecule has 0 aliphatic heterocycles. The molecule has 0 aromatic heterocycles. The van der Waals surface area contributed by atoms with Crippen molar-refractivity contribution in [3.63, 3.8) is 0 Å². The Balaban J connectivity index is -0.00000000214. The van der Waals surface area contributed by atoms with Crippen LogP contribution in [-0.4, -0.2) is 101 Å². The summed E-state index contributed by atoms with van der Waals surface area (Å²) >= 11 is 0. The normalized spacial score (nSPS) is 2.18. The van der Waals surface area contributed by atoms with Crippen molar-refractivity contribution in [3.8, 4) is 0 Å². The Bertz CT molecular complexity index is 32.5. The van der Waals surface area contributed by atoms with Gasteiger partial charge in [-0.25, -0.2) is 4.79 Å². The monoisotopic (exact) mass is 210 g/mol. The SMILES string of the molecule is O.O.O.O.O.O.O=C(O)O.[KH]. The van der Waals surface area contributed by atoms with E-state index in [4.69, 9.17) is 15.0 Å². The molecule has 14 N–H and O–H groups in total. The Morgan fingerprint density at radius 2 is 0.727 bits per heavy atom. The van der Waals surface area contributed by atoms with Gasteiger partial charge in [0.05, 0.1) is 0 Å². The molecule has 0 fully saturated rings. The van der Waals surface area contributed by atoms with Crippen molar-refractivity contribution in [1.29, 1.82) is 0 Å². The first-order chi connectivity index (χ1) is 1.73. The zero-order valence-corrected chi connectivity index (χ0v) is 4.80. The summed E-state index contributed by atoms with van der Waals surface area (Å²) in [4.78, 5) is 8.56. The first-order valence-electron chi connectivity index (χ1n) is 0.651. The molecule has 0 spiro atoms. The fraction of sp³-hybridized carbons (Fsp3) is 0. The number of hydrogen-bond donors (Lipinski definition) is 2. The van der Waals surface area contributed by atoms with Crippen LogP contribution in [0, 0.1) is 0 Å². The van der Waals surface area contributed by atoms with E-state index in [0.29, 0.717) is 0 Å². The van der Waals surface area contributed by atoms with Crippen LogP contribution >= 0.6 is 0 Å². The van der Waals surface area contributed by atoms with Crippen LogP contribution in [0.15, 0.2) is 0 Å². The zero-order valence-electron chi connectivity index (χ0n) is 4.80. The number of rotatable bonds is 0. The van der Waals surface area contributed by atoms with Crippen molar-refractivity contribution in [2.75, 3.05) is 0 Å². The van der Waals surface area contributed by atoms with Crippen LogP contribution in [-0.2, 0) is 0 Å². The molecule has 0 aromatic carbocycles. The first-order valence-corrected chi connectivity index (χ1v) is 0.651. The van der Waals surface area contributed by atoms with Crippen molar-refractivity contribution in [3.05, 3.63) is 0 Å². The number of carbonyl (C=O) groups is 1. The summed E-state index contributed by atoms with van der Waals surface area (Å²) in [6, 6.07) is 0. The minimum absolute atomic E-state index is 0. The van der Waals surface area contributed by atoms with E-state index in [1.807, 2.05) is 0 Å². The molecule has 0 saturated heterocycles. The van der Waals surface area contributed by atoms with E-state index in [-0.39, 0.29) is 84.2 Å². The molecule has 0 bridgehead atoms. The van der Waals surface area contributed by atoms with Gasteiger partial charge in [-0.1, -0.05) is 0 Å². The Kier molecular flexibility index (Phi) is 666. The van der Waals surface area contributed by atoms with E-state index in [0.717, 1.165) is 0 Å². The molecule has 9 nitrogen and oxygen atoms in total. The van der Waals surface area contributed by atoms with Crippen LogP contribution in [0.2, 0.25) is 0 Å². The third-order valence-corrected chi connectivity index (χ3v) is 0. The maximum atomic E-state index is 8.56. The average Bonchev–Trinajstić information content (AvgIpc) is 0.811. The average molecular weight is 210 g/mol. The van der Waals surface area contributed by atoms with Crippen molar-refractivity contribution >= 4 is 57.5 Å². The Morgan fingerprint density at radius 1 is 0.727 bits per heavy atom. The molecular formula is CH15KO9. The van der Waals surface area contributed by atoms with Crippen LogP contribution in [0.3, 0.4) is 0 Å². The molecule has 10 heteroatoms. The fourth-order valence-electron chi connectivity index (χ4n) is 0. The third-order valence-electron chi connectivity index (χ3n) is 0. The van der Waals surface area contributed by atoms with Gasteiger partial charge in [-0.05, 0) is 0 Å². The second-order valence-electron chi connectivity index (χ2n) is 0.283. The second kappa shape index (κ2) is 74.1. The summed E-state index contributed by atoms with van der Waals surface area (Å²) in [7, 11) is 0.